The number of ether oxygens (including phenoxy) is 3. The summed E-state index contributed by atoms with van der Waals surface area (Å²) >= 11 is 5.96. The molecule has 0 bridgehead atoms. The first-order valence-electron chi connectivity index (χ1n) is 11.9. The molecular weight excluding hydrogens is 539 g/mol. The summed E-state index contributed by atoms with van der Waals surface area (Å²) in [5.74, 6) is -0.690. The predicted octanol–water partition coefficient (Wildman–Crippen LogP) is 5.85. The number of aromatic nitrogens is 3. The van der Waals surface area contributed by atoms with Crippen molar-refractivity contribution in [1.29, 1.82) is 0 Å². The number of carbonyl (C=O) groups is 1. The van der Waals surface area contributed by atoms with Gasteiger partial charge in [-0.05, 0) is 29.8 Å². The smallest absolute Gasteiger partial charge is 0.261 e. The van der Waals surface area contributed by atoms with E-state index in [1.807, 2.05) is 0 Å². The van der Waals surface area contributed by atoms with Gasteiger partial charge in [0.2, 0.25) is 5.43 Å². The second-order valence-corrected chi connectivity index (χ2v) is 9.10. The third-order valence-electron chi connectivity index (χ3n) is 5.98. The molecule has 5 aromatic rings. The molecule has 40 heavy (non-hydrogen) atoms. The second-order valence-electron chi connectivity index (χ2n) is 8.67. The van der Waals surface area contributed by atoms with E-state index in [-0.39, 0.29) is 28.6 Å². The number of methoxy groups -OCH3 is 2. The van der Waals surface area contributed by atoms with Crippen LogP contribution in [0.25, 0.3) is 22.2 Å². The van der Waals surface area contributed by atoms with E-state index in [9.17, 15) is 9.59 Å². The second kappa shape index (κ2) is 11.0. The molecule has 1 N–H and O–H groups in total. The van der Waals surface area contributed by atoms with Crippen LogP contribution in [0.4, 0.5) is 10.1 Å². The first-order valence-corrected chi connectivity index (χ1v) is 12.3. The summed E-state index contributed by atoms with van der Waals surface area (Å²) in [6.45, 7) is 0. The van der Waals surface area contributed by atoms with Gasteiger partial charge < -0.3 is 24.1 Å². The molecular formula is C29H22ClFN4O5. The maximum atomic E-state index is 15.1. The van der Waals surface area contributed by atoms with E-state index in [4.69, 9.17) is 25.8 Å². The van der Waals surface area contributed by atoms with Crippen LogP contribution in [-0.4, -0.2) is 34.7 Å². The number of pyridine rings is 3. The van der Waals surface area contributed by atoms with Crippen molar-refractivity contribution in [3.8, 4) is 34.3 Å². The van der Waals surface area contributed by atoms with E-state index >= 15 is 4.39 Å². The SMILES string of the molecule is COc1cc2nccc(Oc3ccc(NC(=O)c4cn(C)cc(-c5ccc(Cl)cc5)c4=O)cc3F)c2nc1OC. The van der Waals surface area contributed by atoms with Gasteiger partial charge in [0, 0.05) is 60.1 Å². The lowest BCUT2D eigenvalue weighted by atomic mass is 10.0. The molecule has 0 spiro atoms. The summed E-state index contributed by atoms with van der Waals surface area (Å²) in [4.78, 5) is 34.8. The number of nitrogens with zero attached hydrogens (tertiary/aromatic N) is 3. The molecule has 202 valence electrons. The van der Waals surface area contributed by atoms with Crippen molar-refractivity contribution in [2.75, 3.05) is 19.5 Å². The topological polar surface area (TPSA) is 105 Å². The van der Waals surface area contributed by atoms with Crippen LogP contribution in [0.2, 0.25) is 5.02 Å². The maximum Gasteiger partial charge on any atom is 0.261 e. The molecule has 3 aromatic heterocycles. The molecule has 0 radical (unpaired) electrons. The van der Waals surface area contributed by atoms with Gasteiger partial charge in [-0.25, -0.2) is 9.37 Å². The fourth-order valence-corrected chi connectivity index (χ4v) is 4.19. The van der Waals surface area contributed by atoms with Crippen LogP contribution in [0.1, 0.15) is 10.4 Å². The Labute approximate surface area is 232 Å². The van der Waals surface area contributed by atoms with Crippen LogP contribution < -0.4 is 25.0 Å². The monoisotopic (exact) mass is 560 g/mol. The minimum atomic E-state index is -0.744. The van der Waals surface area contributed by atoms with Gasteiger partial charge in [0.05, 0.1) is 19.7 Å². The highest BCUT2D eigenvalue weighted by Gasteiger charge is 2.18. The Morgan fingerprint density at radius 1 is 0.975 bits per heavy atom. The Hall–Kier alpha value is -4.96. The van der Waals surface area contributed by atoms with Crippen LogP contribution in [0.5, 0.6) is 23.1 Å². The minimum Gasteiger partial charge on any atom is -0.491 e. The molecule has 3 heterocycles. The van der Waals surface area contributed by atoms with Gasteiger partial charge in [0.25, 0.3) is 11.8 Å². The molecule has 0 saturated heterocycles. The van der Waals surface area contributed by atoms with Gasteiger partial charge in [0.15, 0.2) is 23.1 Å². The van der Waals surface area contributed by atoms with E-state index < -0.39 is 17.2 Å². The first kappa shape index (κ1) is 26.6. The number of fused-ring (bicyclic) bond motifs is 1. The highest BCUT2D eigenvalue weighted by Crippen LogP contribution is 2.35. The maximum absolute atomic E-state index is 15.1. The zero-order chi connectivity index (χ0) is 28.4. The van der Waals surface area contributed by atoms with Crippen LogP contribution in [0.3, 0.4) is 0 Å². The summed E-state index contributed by atoms with van der Waals surface area (Å²) in [5.41, 5.74) is 1.31. The zero-order valence-corrected chi connectivity index (χ0v) is 22.3. The number of carbonyl (C=O) groups excluding carboxylic acids is 1. The number of benzene rings is 2. The van der Waals surface area contributed by atoms with Crippen LogP contribution >= 0.6 is 11.6 Å². The average Bonchev–Trinajstić information content (AvgIpc) is 2.95. The summed E-state index contributed by atoms with van der Waals surface area (Å²) in [7, 11) is 4.63. The quantitative estimate of drug-likeness (QED) is 0.266. The molecule has 0 aliphatic heterocycles. The lowest BCUT2D eigenvalue weighted by molar-refractivity contribution is 0.102. The molecule has 0 saturated carbocycles. The Kier molecular flexibility index (Phi) is 7.35. The Morgan fingerprint density at radius 3 is 2.45 bits per heavy atom. The predicted molar refractivity (Wildman–Crippen MR) is 149 cm³/mol. The molecule has 0 fully saturated rings. The lowest BCUT2D eigenvalue weighted by Gasteiger charge is -2.13. The molecule has 1 amide bonds. The number of rotatable bonds is 7. The van der Waals surface area contributed by atoms with Gasteiger partial charge in [-0.2, -0.15) is 0 Å². The third-order valence-corrected chi connectivity index (χ3v) is 6.24. The minimum absolute atomic E-state index is 0.102. The van der Waals surface area contributed by atoms with Crippen LogP contribution in [0, 0.1) is 5.82 Å². The van der Waals surface area contributed by atoms with Crippen molar-refractivity contribution >= 4 is 34.2 Å². The van der Waals surface area contributed by atoms with Crippen LogP contribution in [-0.2, 0) is 7.05 Å². The molecule has 0 atom stereocenters. The summed E-state index contributed by atoms with van der Waals surface area (Å²) < 4.78 is 33.0. The number of nitrogens with one attached hydrogen (secondary N) is 1. The normalized spacial score (nSPS) is 10.8. The van der Waals surface area contributed by atoms with Gasteiger partial charge in [-0.1, -0.05) is 23.7 Å². The fourth-order valence-electron chi connectivity index (χ4n) is 4.07. The van der Waals surface area contributed by atoms with Crippen molar-refractivity contribution in [1.82, 2.24) is 14.5 Å². The average molecular weight is 561 g/mol. The van der Waals surface area contributed by atoms with Crippen molar-refractivity contribution in [2.24, 2.45) is 7.05 Å². The van der Waals surface area contributed by atoms with E-state index in [0.29, 0.717) is 32.9 Å². The van der Waals surface area contributed by atoms with Crippen LogP contribution in [0.15, 0.2) is 78.0 Å². The van der Waals surface area contributed by atoms with E-state index in [1.165, 1.54) is 38.7 Å². The van der Waals surface area contributed by atoms with Gasteiger partial charge in [0.1, 0.15) is 11.1 Å². The molecule has 0 aliphatic carbocycles. The summed E-state index contributed by atoms with van der Waals surface area (Å²) in [5, 5.41) is 3.11. The van der Waals surface area contributed by atoms with E-state index in [1.54, 1.807) is 54.2 Å². The number of amides is 1. The molecule has 5 rings (SSSR count). The molecule has 9 nitrogen and oxygen atoms in total. The summed E-state index contributed by atoms with van der Waals surface area (Å²) in [6, 6.07) is 13.8. The Balaban J connectivity index is 1.40. The number of aryl methyl sites for hydroxylation is 1. The fraction of sp³-hybridized carbons (Fsp3) is 0.103. The number of hydrogen-bond donors (Lipinski definition) is 1. The molecule has 0 unspecified atom stereocenters. The lowest BCUT2D eigenvalue weighted by Crippen LogP contribution is -2.24. The van der Waals surface area contributed by atoms with E-state index in [2.05, 4.69) is 15.3 Å². The van der Waals surface area contributed by atoms with Crippen molar-refractivity contribution in [3.63, 3.8) is 0 Å². The van der Waals surface area contributed by atoms with E-state index in [0.717, 1.165) is 6.07 Å². The molecule has 11 heteroatoms. The van der Waals surface area contributed by atoms with Gasteiger partial charge >= 0.3 is 0 Å². The molecule has 0 aliphatic rings. The Morgan fingerprint density at radius 2 is 1.75 bits per heavy atom. The highest BCUT2D eigenvalue weighted by atomic mass is 35.5. The molecule has 2 aromatic carbocycles. The standard InChI is InChI=1S/C29H22ClFN4O5/c1-35-14-19(16-4-6-17(30)7-5-16)27(36)20(15-35)28(37)33-18-8-9-23(21(31)12-18)40-24-10-11-32-22-13-25(38-2)29(39-3)34-26(22)24/h4-15H,1-3H3,(H,33,37). The van der Waals surface area contributed by atoms with Crippen molar-refractivity contribution in [2.45, 2.75) is 0 Å². The zero-order valence-electron chi connectivity index (χ0n) is 21.6. The number of anilines is 1. The number of hydrogen-bond acceptors (Lipinski definition) is 7. The van der Waals surface area contributed by atoms with Gasteiger partial charge in [-0.3, -0.25) is 14.6 Å². The first-order chi connectivity index (χ1) is 19.3. The number of halogens is 2. The third kappa shape index (κ3) is 5.29. The van der Waals surface area contributed by atoms with Gasteiger partial charge in [-0.15, -0.1) is 0 Å². The summed E-state index contributed by atoms with van der Waals surface area (Å²) in [6.07, 6.45) is 4.53. The highest BCUT2D eigenvalue weighted by molar-refractivity contribution is 6.30. The van der Waals surface area contributed by atoms with Crippen molar-refractivity contribution in [3.05, 3.63) is 99.8 Å². The Bertz CT molecular complexity index is 1810. The van der Waals surface area contributed by atoms with Crippen molar-refractivity contribution < 1.29 is 23.4 Å². The largest absolute Gasteiger partial charge is 0.491 e.